The van der Waals surface area contributed by atoms with Gasteiger partial charge in [0.05, 0.1) is 6.61 Å². The van der Waals surface area contributed by atoms with E-state index >= 15 is 0 Å². The van der Waals surface area contributed by atoms with Crippen molar-refractivity contribution in [3.8, 4) is 0 Å². The summed E-state index contributed by atoms with van der Waals surface area (Å²) >= 11 is 0. The van der Waals surface area contributed by atoms with Gasteiger partial charge in [0.15, 0.2) is 0 Å². The summed E-state index contributed by atoms with van der Waals surface area (Å²) < 4.78 is 5.10. The van der Waals surface area contributed by atoms with Crippen LogP contribution in [-0.2, 0) is 9.53 Å². The maximum Gasteiger partial charge on any atom is 0.226 e. The van der Waals surface area contributed by atoms with E-state index in [-0.39, 0.29) is 11.8 Å². The molecular weight excluding hydrogens is 230 g/mol. The number of amides is 1. The first kappa shape index (κ1) is 15.4. The topological polar surface area (TPSA) is 44.8 Å². The Labute approximate surface area is 110 Å². The van der Waals surface area contributed by atoms with Crippen molar-refractivity contribution in [3.05, 3.63) is 0 Å². The second-order valence-corrected chi connectivity index (χ2v) is 4.97. The monoisotopic (exact) mass is 257 g/mol. The molecule has 0 aliphatic carbocycles. The van der Waals surface area contributed by atoms with E-state index in [4.69, 9.17) is 4.74 Å². The largest absolute Gasteiger partial charge is 0.383 e. The van der Waals surface area contributed by atoms with Gasteiger partial charge in [0, 0.05) is 45.8 Å². The number of hydrogen-bond donors (Lipinski definition) is 1. The van der Waals surface area contributed by atoms with Crippen LogP contribution in [0.3, 0.4) is 0 Å². The highest BCUT2D eigenvalue weighted by Crippen LogP contribution is 2.07. The third kappa shape index (κ3) is 4.92. The number of hydrogen-bond acceptors (Lipinski definition) is 4. The lowest BCUT2D eigenvalue weighted by atomic mass is 10.1. The Bertz CT molecular complexity index is 248. The second-order valence-electron chi connectivity index (χ2n) is 4.97. The van der Waals surface area contributed by atoms with Crippen molar-refractivity contribution in [1.82, 2.24) is 15.1 Å². The molecule has 1 rings (SSSR count). The smallest absolute Gasteiger partial charge is 0.226 e. The third-order valence-corrected chi connectivity index (χ3v) is 3.44. The average molecular weight is 257 g/mol. The van der Waals surface area contributed by atoms with Crippen LogP contribution in [0, 0.1) is 5.92 Å². The lowest BCUT2D eigenvalue weighted by Gasteiger charge is -2.24. The highest BCUT2D eigenvalue weighted by molar-refractivity contribution is 5.78. The predicted molar refractivity (Wildman–Crippen MR) is 72.6 cm³/mol. The van der Waals surface area contributed by atoms with Crippen molar-refractivity contribution >= 4 is 5.91 Å². The zero-order valence-electron chi connectivity index (χ0n) is 11.9. The predicted octanol–water partition coefficient (Wildman–Crippen LogP) is 0.0226. The quantitative estimate of drug-likeness (QED) is 0.729. The molecule has 0 aromatic carbocycles. The molecule has 0 saturated carbocycles. The summed E-state index contributed by atoms with van der Waals surface area (Å²) in [6, 6.07) is 0. The highest BCUT2D eigenvalue weighted by Gasteiger charge is 2.22. The summed E-state index contributed by atoms with van der Waals surface area (Å²) in [5.41, 5.74) is 0. The molecule has 1 N–H and O–H groups in total. The van der Waals surface area contributed by atoms with E-state index in [0.717, 1.165) is 52.3 Å². The van der Waals surface area contributed by atoms with E-state index < -0.39 is 0 Å². The van der Waals surface area contributed by atoms with Gasteiger partial charge >= 0.3 is 0 Å². The molecule has 0 aromatic rings. The van der Waals surface area contributed by atoms with E-state index in [1.165, 1.54) is 0 Å². The molecule has 1 saturated heterocycles. The molecular formula is C13H27N3O2. The summed E-state index contributed by atoms with van der Waals surface area (Å²) in [6.45, 7) is 8.23. The number of nitrogens with one attached hydrogen (secondary N) is 1. The summed E-state index contributed by atoms with van der Waals surface area (Å²) in [5, 5.41) is 3.07. The number of methoxy groups -OCH3 is 1. The van der Waals surface area contributed by atoms with Gasteiger partial charge in [0.2, 0.25) is 5.91 Å². The molecule has 1 fully saturated rings. The zero-order valence-corrected chi connectivity index (χ0v) is 11.9. The average Bonchev–Trinajstić information content (AvgIpc) is 2.61. The first-order chi connectivity index (χ1) is 8.69. The minimum atomic E-state index is 0.0699. The van der Waals surface area contributed by atoms with E-state index in [1.807, 2.05) is 18.9 Å². The van der Waals surface area contributed by atoms with Gasteiger partial charge in [0.25, 0.3) is 0 Å². The molecule has 0 spiro atoms. The molecule has 18 heavy (non-hydrogen) atoms. The minimum absolute atomic E-state index is 0.0699. The summed E-state index contributed by atoms with van der Waals surface area (Å²) in [7, 11) is 3.62. The Balaban J connectivity index is 2.38. The molecule has 0 radical (unpaired) electrons. The SMILES string of the molecule is CNCC(C)C(=O)N1CCCN(CCOC)CC1. The van der Waals surface area contributed by atoms with Crippen LogP contribution in [0.15, 0.2) is 0 Å². The van der Waals surface area contributed by atoms with Crippen LogP contribution in [0.1, 0.15) is 13.3 Å². The van der Waals surface area contributed by atoms with Gasteiger partial charge in [-0.05, 0) is 20.0 Å². The van der Waals surface area contributed by atoms with Crippen LogP contribution in [0.2, 0.25) is 0 Å². The van der Waals surface area contributed by atoms with Crippen LogP contribution < -0.4 is 5.32 Å². The zero-order chi connectivity index (χ0) is 13.4. The molecule has 5 heteroatoms. The van der Waals surface area contributed by atoms with Gasteiger partial charge in [-0.3, -0.25) is 9.69 Å². The first-order valence-electron chi connectivity index (χ1n) is 6.83. The van der Waals surface area contributed by atoms with Gasteiger partial charge in [-0.1, -0.05) is 6.92 Å². The van der Waals surface area contributed by atoms with E-state index in [2.05, 4.69) is 10.2 Å². The molecule has 1 aliphatic rings. The summed E-state index contributed by atoms with van der Waals surface area (Å²) in [6.07, 6.45) is 1.06. The lowest BCUT2D eigenvalue weighted by molar-refractivity contribution is -0.134. The summed E-state index contributed by atoms with van der Waals surface area (Å²) in [4.78, 5) is 16.6. The Morgan fingerprint density at radius 1 is 1.33 bits per heavy atom. The maximum absolute atomic E-state index is 12.2. The van der Waals surface area contributed by atoms with Crippen LogP contribution in [0.5, 0.6) is 0 Å². The molecule has 5 nitrogen and oxygen atoms in total. The Morgan fingerprint density at radius 3 is 2.78 bits per heavy atom. The normalized spacial score (nSPS) is 19.6. The molecule has 106 valence electrons. The molecule has 1 atom stereocenters. The number of rotatable bonds is 6. The molecule has 0 bridgehead atoms. The van der Waals surface area contributed by atoms with Crippen LogP contribution >= 0.6 is 0 Å². The van der Waals surface area contributed by atoms with Crippen LogP contribution in [0.25, 0.3) is 0 Å². The van der Waals surface area contributed by atoms with Crippen molar-refractivity contribution in [3.63, 3.8) is 0 Å². The molecule has 0 aromatic heterocycles. The van der Waals surface area contributed by atoms with Gasteiger partial charge in [-0.15, -0.1) is 0 Å². The highest BCUT2D eigenvalue weighted by atomic mass is 16.5. The second kappa shape index (κ2) is 8.45. The number of ether oxygens (including phenoxy) is 1. The number of nitrogens with zero attached hydrogens (tertiary/aromatic N) is 2. The Morgan fingerprint density at radius 2 is 2.11 bits per heavy atom. The van der Waals surface area contributed by atoms with Crippen molar-refractivity contribution < 1.29 is 9.53 Å². The van der Waals surface area contributed by atoms with E-state index in [9.17, 15) is 4.79 Å². The van der Waals surface area contributed by atoms with Crippen LogP contribution in [0.4, 0.5) is 0 Å². The van der Waals surface area contributed by atoms with Crippen molar-refractivity contribution in [2.45, 2.75) is 13.3 Å². The Hall–Kier alpha value is -0.650. The standard InChI is InChI=1S/C13H27N3O2/c1-12(11-14-2)13(17)16-6-4-5-15(7-8-16)9-10-18-3/h12,14H,4-11H2,1-3H3. The molecule has 1 unspecified atom stereocenters. The maximum atomic E-state index is 12.2. The van der Waals surface area contributed by atoms with E-state index in [0.29, 0.717) is 0 Å². The fourth-order valence-corrected chi connectivity index (χ4v) is 2.34. The van der Waals surface area contributed by atoms with Gasteiger partial charge in [0.1, 0.15) is 0 Å². The van der Waals surface area contributed by atoms with Crippen molar-refractivity contribution in [2.75, 3.05) is 60.0 Å². The van der Waals surface area contributed by atoms with Gasteiger partial charge < -0.3 is 15.0 Å². The third-order valence-electron chi connectivity index (χ3n) is 3.44. The van der Waals surface area contributed by atoms with Gasteiger partial charge in [-0.2, -0.15) is 0 Å². The number of carbonyl (C=O) groups is 1. The Kier molecular flexibility index (Phi) is 7.23. The first-order valence-corrected chi connectivity index (χ1v) is 6.83. The molecule has 1 heterocycles. The van der Waals surface area contributed by atoms with E-state index in [1.54, 1.807) is 7.11 Å². The summed E-state index contributed by atoms with van der Waals surface area (Å²) in [5.74, 6) is 0.346. The fourth-order valence-electron chi connectivity index (χ4n) is 2.34. The molecule has 1 amide bonds. The van der Waals surface area contributed by atoms with Crippen molar-refractivity contribution in [1.29, 1.82) is 0 Å². The van der Waals surface area contributed by atoms with Gasteiger partial charge in [-0.25, -0.2) is 0 Å². The molecule has 1 aliphatic heterocycles. The van der Waals surface area contributed by atoms with Crippen LogP contribution in [-0.4, -0.2) is 75.7 Å². The fraction of sp³-hybridized carbons (Fsp3) is 0.923. The number of carbonyl (C=O) groups excluding carboxylic acids is 1. The minimum Gasteiger partial charge on any atom is -0.383 e. The van der Waals surface area contributed by atoms with Crippen molar-refractivity contribution in [2.24, 2.45) is 5.92 Å². The lowest BCUT2D eigenvalue weighted by Crippen LogP contribution is -2.41.